The Labute approximate surface area is 135 Å². The minimum Gasteiger partial charge on any atom is -0.310 e. The van der Waals surface area contributed by atoms with E-state index in [1.807, 2.05) is 12.3 Å². The van der Waals surface area contributed by atoms with E-state index in [2.05, 4.69) is 27.3 Å². The molecule has 0 saturated heterocycles. The van der Waals surface area contributed by atoms with Crippen LogP contribution < -0.4 is 16.6 Å². The molecule has 0 radical (unpaired) electrons. The Morgan fingerprint density at radius 1 is 1.33 bits per heavy atom. The number of aryl methyl sites for hydroxylation is 1. The molecule has 0 aliphatic rings. The Morgan fingerprint density at radius 3 is 2.81 bits per heavy atom. The first kappa shape index (κ1) is 16.2. The standard InChI is InChI=1S/C14H18BrN3O2S/c1-2-5-17-6-3-13(19)18(14(17)20)7-4-16-9-12-8-11(15)10-21-12/h3,6,8,10,16H,2,4-5,7,9H2,1H3. The smallest absolute Gasteiger partial charge is 0.310 e. The summed E-state index contributed by atoms with van der Waals surface area (Å²) < 4.78 is 3.94. The van der Waals surface area contributed by atoms with E-state index in [1.54, 1.807) is 22.1 Å². The lowest BCUT2D eigenvalue weighted by Gasteiger charge is -2.09. The summed E-state index contributed by atoms with van der Waals surface area (Å²) in [5.74, 6) is 0. The van der Waals surface area contributed by atoms with Crippen molar-refractivity contribution in [1.29, 1.82) is 0 Å². The molecule has 0 aliphatic carbocycles. The summed E-state index contributed by atoms with van der Waals surface area (Å²) in [6.45, 7) is 4.34. The molecular weight excluding hydrogens is 354 g/mol. The molecule has 1 N–H and O–H groups in total. The van der Waals surface area contributed by atoms with E-state index in [-0.39, 0.29) is 11.2 Å². The Kier molecular flexibility index (Phi) is 5.96. The van der Waals surface area contributed by atoms with Crippen molar-refractivity contribution in [3.05, 3.63) is 53.9 Å². The SMILES string of the molecule is CCCn1ccc(=O)n(CCNCc2cc(Br)cs2)c1=O. The zero-order valence-corrected chi connectivity index (χ0v) is 14.2. The van der Waals surface area contributed by atoms with E-state index in [4.69, 9.17) is 0 Å². The first-order chi connectivity index (χ1) is 10.1. The van der Waals surface area contributed by atoms with Crippen molar-refractivity contribution in [3.8, 4) is 0 Å². The van der Waals surface area contributed by atoms with Crippen molar-refractivity contribution in [2.45, 2.75) is 33.0 Å². The van der Waals surface area contributed by atoms with Crippen molar-refractivity contribution < 1.29 is 0 Å². The van der Waals surface area contributed by atoms with Crippen LogP contribution in [0.3, 0.4) is 0 Å². The Balaban J connectivity index is 1.95. The molecule has 114 valence electrons. The van der Waals surface area contributed by atoms with E-state index in [1.165, 1.54) is 15.5 Å². The van der Waals surface area contributed by atoms with Crippen molar-refractivity contribution >= 4 is 27.3 Å². The van der Waals surface area contributed by atoms with Gasteiger partial charge in [-0.1, -0.05) is 6.92 Å². The van der Waals surface area contributed by atoms with Crippen LogP contribution in [-0.4, -0.2) is 15.7 Å². The van der Waals surface area contributed by atoms with Gasteiger partial charge in [0.2, 0.25) is 0 Å². The molecule has 0 aliphatic heterocycles. The van der Waals surface area contributed by atoms with E-state index in [0.717, 1.165) is 17.4 Å². The third-order valence-corrected chi connectivity index (χ3v) is 4.73. The lowest BCUT2D eigenvalue weighted by molar-refractivity contribution is 0.521. The van der Waals surface area contributed by atoms with Gasteiger partial charge in [-0.2, -0.15) is 0 Å². The van der Waals surface area contributed by atoms with Crippen LogP contribution in [0.1, 0.15) is 18.2 Å². The van der Waals surface area contributed by atoms with Gasteiger partial charge < -0.3 is 9.88 Å². The lowest BCUT2D eigenvalue weighted by atomic mass is 10.4. The largest absolute Gasteiger partial charge is 0.331 e. The first-order valence-electron chi connectivity index (χ1n) is 6.85. The van der Waals surface area contributed by atoms with Crippen molar-refractivity contribution in [3.63, 3.8) is 0 Å². The predicted octanol–water partition coefficient (Wildman–Crippen LogP) is 2.03. The van der Waals surface area contributed by atoms with Gasteiger partial charge in [-0.15, -0.1) is 11.3 Å². The average Bonchev–Trinajstić information content (AvgIpc) is 2.87. The third kappa shape index (κ3) is 4.39. The normalized spacial score (nSPS) is 11.0. The Bertz CT molecular complexity index is 705. The highest BCUT2D eigenvalue weighted by atomic mass is 79.9. The van der Waals surface area contributed by atoms with Gasteiger partial charge in [-0.05, 0) is 28.4 Å². The second-order valence-corrected chi connectivity index (χ2v) is 6.60. The van der Waals surface area contributed by atoms with Crippen LogP contribution in [0.5, 0.6) is 0 Å². The highest BCUT2D eigenvalue weighted by Gasteiger charge is 2.04. The predicted molar refractivity (Wildman–Crippen MR) is 89.0 cm³/mol. The molecule has 7 heteroatoms. The fraction of sp³-hybridized carbons (Fsp3) is 0.429. The monoisotopic (exact) mass is 371 g/mol. The van der Waals surface area contributed by atoms with Gasteiger partial charge in [0, 0.05) is 53.2 Å². The van der Waals surface area contributed by atoms with Crippen LogP contribution in [0, 0.1) is 0 Å². The number of hydrogen-bond donors (Lipinski definition) is 1. The number of aromatic nitrogens is 2. The molecule has 0 bridgehead atoms. The molecule has 5 nitrogen and oxygen atoms in total. The second kappa shape index (κ2) is 7.72. The number of halogens is 1. The molecular formula is C14H18BrN3O2S. The maximum Gasteiger partial charge on any atom is 0.331 e. The van der Waals surface area contributed by atoms with Crippen molar-refractivity contribution in [2.75, 3.05) is 6.54 Å². The minimum absolute atomic E-state index is 0.231. The van der Waals surface area contributed by atoms with Gasteiger partial charge in [-0.25, -0.2) is 4.79 Å². The zero-order chi connectivity index (χ0) is 15.2. The van der Waals surface area contributed by atoms with E-state index < -0.39 is 0 Å². The van der Waals surface area contributed by atoms with E-state index in [0.29, 0.717) is 19.6 Å². The zero-order valence-electron chi connectivity index (χ0n) is 11.8. The quantitative estimate of drug-likeness (QED) is 0.757. The summed E-state index contributed by atoms with van der Waals surface area (Å²) in [5, 5.41) is 5.28. The molecule has 21 heavy (non-hydrogen) atoms. The van der Waals surface area contributed by atoms with Gasteiger partial charge in [0.25, 0.3) is 5.56 Å². The topological polar surface area (TPSA) is 56.0 Å². The minimum atomic E-state index is -0.243. The second-order valence-electron chi connectivity index (χ2n) is 4.69. The summed E-state index contributed by atoms with van der Waals surface area (Å²) in [7, 11) is 0. The highest BCUT2D eigenvalue weighted by molar-refractivity contribution is 9.10. The first-order valence-corrected chi connectivity index (χ1v) is 8.53. The van der Waals surface area contributed by atoms with Gasteiger partial charge in [0.05, 0.1) is 0 Å². The summed E-state index contributed by atoms with van der Waals surface area (Å²) in [6.07, 6.45) is 2.44. The molecule has 2 rings (SSSR count). The van der Waals surface area contributed by atoms with Gasteiger partial charge in [0.15, 0.2) is 0 Å². The molecule has 2 aromatic rings. The van der Waals surface area contributed by atoms with Crippen LogP contribution in [0.4, 0.5) is 0 Å². The molecule has 0 spiro atoms. The molecule has 0 amide bonds. The molecule has 2 aromatic heterocycles. The van der Waals surface area contributed by atoms with Crippen LogP contribution in [-0.2, 0) is 19.6 Å². The third-order valence-electron chi connectivity index (χ3n) is 3.04. The van der Waals surface area contributed by atoms with Gasteiger partial charge in [-0.3, -0.25) is 9.36 Å². The van der Waals surface area contributed by atoms with Crippen LogP contribution in [0.25, 0.3) is 0 Å². The molecule has 0 fully saturated rings. The van der Waals surface area contributed by atoms with Crippen molar-refractivity contribution in [2.24, 2.45) is 0 Å². The van der Waals surface area contributed by atoms with Gasteiger partial charge >= 0.3 is 5.69 Å². The lowest BCUT2D eigenvalue weighted by Crippen LogP contribution is -2.41. The Hall–Kier alpha value is -1.18. The molecule has 2 heterocycles. The summed E-state index contributed by atoms with van der Waals surface area (Å²) >= 11 is 5.08. The summed E-state index contributed by atoms with van der Waals surface area (Å²) in [6, 6.07) is 3.51. The molecule has 0 unspecified atom stereocenters. The molecule has 0 saturated carbocycles. The maximum atomic E-state index is 12.1. The summed E-state index contributed by atoms with van der Waals surface area (Å²) in [5.41, 5.74) is -0.474. The fourth-order valence-electron chi connectivity index (χ4n) is 2.02. The molecule has 0 atom stereocenters. The Morgan fingerprint density at radius 2 is 2.14 bits per heavy atom. The van der Waals surface area contributed by atoms with Gasteiger partial charge in [0.1, 0.15) is 0 Å². The number of rotatable bonds is 7. The van der Waals surface area contributed by atoms with Crippen LogP contribution in [0.2, 0.25) is 0 Å². The number of thiophene rings is 1. The highest BCUT2D eigenvalue weighted by Crippen LogP contribution is 2.19. The average molecular weight is 372 g/mol. The fourth-order valence-corrected chi connectivity index (χ4v) is 3.44. The number of nitrogens with zero attached hydrogens (tertiary/aromatic N) is 2. The van der Waals surface area contributed by atoms with E-state index >= 15 is 0 Å². The van der Waals surface area contributed by atoms with E-state index in [9.17, 15) is 9.59 Å². The van der Waals surface area contributed by atoms with Crippen LogP contribution >= 0.6 is 27.3 Å². The number of nitrogens with one attached hydrogen (secondary N) is 1. The van der Waals surface area contributed by atoms with Crippen LogP contribution in [0.15, 0.2) is 37.8 Å². The van der Waals surface area contributed by atoms with Crippen molar-refractivity contribution in [1.82, 2.24) is 14.5 Å². The molecule has 0 aromatic carbocycles. The number of hydrogen-bond acceptors (Lipinski definition) is 4. The maximum absolute atomic E-state index is 12.1. The summed E-state index contributed by atoms with van der Waals surface area (Å²) in [4.78, 5) is 25.1.